The predicted octanol–water partition coefficient (Wildman–Crippen LogP) is 16.8. The van der Waals surface area contributed by atoms with Gasteiger partial charge in [0.1, 0.15) is 11.2 Å². The lowest BCUT2D eigenvalue weighted by Crippen LogP contribution is -2.31. The van der Waals surface area contributed by atoms with Gasteiger partial charge < -0.3 is 9.32 Å². The lowest BCUT2D eigenvalue weighted by Gasteiger charge is -2.36. The Morgan fingerprint density at radius 3 is 1.79 bits per heavy atom. The maximum Gasteiger partial charge on any atom is 0.137 e. The summed E-state index contributed by atoms with van der Waals surface area (Å²) < 4.78 is 6.53. The molecule has 2 bridgehead atoms. The lowest BCUT2D eigenvalue weighted by molar-refractivity contribution is 0.327. The van der Waals surface area contributed by atoms with E-state index in [2.05, 4.69) is 217 Å². The molecule has 1 heterocycles. The first-order valence-electron chi connectivity index (χ1n) is 22.6. The second-order valence-corrected chi connectivity index (χ2v) is 18.0. The minimum Gasteiger partial charge on any atom is -0.456 e. The Morgan fingerprint density at radius 1 is 0.413 bits per heavy atom. The van der Waals surface area contributed by atoms with Crippen LogP contribution in [0.5, 0.6) is 0 Å². The summed E-state index contributed by atoms with van der Waals surface area (Å²) in [6.07, 6.45) is 5.39. The summed E-state index contributed by atoms with van der Waals surface area (Å²) in [7, 11) is 0. The largest absolute Gasteiger partial charge is 0.456 e. The minimum atomic E-state index is 0.148. The first-order valence-corrected chi connectivity index (χ1v) is 22.6. The maximum atomic E-state index is 6.53. The minimum absolute atomic E-state index is 0.148. The van der Waals surface area contributed by atoms with Crippen molar-refractivity contribution in [1.29, 1.82) is 0 Å². The molecule has 300 valence electrons. The molecule has 3 aliphatic rings. The molecule has 0 aliphatic heterocycles. The van der Waals surface area contributed by atoms with Gasteiger partial charge in [-0.05, 0) is 135 Å². The molecule has 1 aromatic heterocycles. The molecule has 9 aromatic carbocycles. The van der Waals surface area contributed by atoms with E-state index in [1.807, 2.05) is 0 Å². The van der Waals surface area contributed by atoms with Gasteiger partial charge in [0.05, 0.1) is 16.8 Å². The number of hydrogen-bond donors (Lipinski definition) is 0. The number of anilines is 3. The van der Waals surface area contributed by atoms with Crippen molar-refractivity contribution in [2.45, 2.75) is 31.1 Å². The van der Waals surface area contributed by atoms with Crippen LogP contribution in [0.15, 0.2) is 217 Å². The third-order valence-electron chi connectivity index (χ3n) is 14.8. The second kappa shape index (κ2) is 14.3. The molecule has 0 radical (unpaired) electrons. The van der Waals surface area contributed by atoms with Gasteiger partial charge in [-0.15, -0.1) is 0 Å². The molecule has 0 amide bonds. The molecule has 2 nitrogen and oxygen atoms in total. The van der Waals surface area contributed by atoms with E-state index in [1.165, 1.54) is 75.8 Å². The molecule has 3 aliphatic carbocycles. The SMILES string of the molecule is c1ccc(-c2ccccc2-c2ccccc2-c2ccccc2N(c2ccc(-c3ccc4c(c3)C3(CC5CCC3C5)c3ccccc3-4)cc2)c2cccc3oc4ccccc4c23)cc1. The topological polar surface area (TPSA) is 16.4 Å². The van der Waals surface area contributed by atoms with Gasteiger partial charge in [-0.1, -0.05) is 176 Å². The molecular formula is C61H45NO. The number of hydrogen-bond acceptors (Lipinski definition) is 2. The van der Waals surface area contributed by atoms with E-state index in [-0.39, 0.29) is 5.41 Å². The molecule has 10 aromatic rings. The quantitative estimate of drug-likeness (QED) is 0.159. The second-order valence-electron chi connectivity index (χ2n) is 18.0. The molecule has 63 heavy (non-hydrogen) atoms. The lowest BCUT2D eigenvalue weighted by atomic mass is 9.66. The summed E-state index contributed by atoms with van der Waals surface area (Å²) in [5.41, 5.74) is 20.9. The summed E-state index contributed by atoms with van der Waals surface area (Å²) in [5, 5.41) is 2.21. The number of fused-ring (bicyclic) bond motifs is 11. The number of benzene rings is 9. The molecular weight excluding hydrogens is 763 g/mol. The number of nitrogens with zero attached hydrogens (tertiary/aromatic N) is 1. The number of rotatable bonds is 7. The zero-order valence-electron chi connectivity index (χ0n) is 35.0. The van der Waals surface area contributed by atoms with Crippen LogP contribution in [0.25, 0.3) is 77.6 Å². The van der Waals surface area contributed by atoms with Gasteiger partial charge in [-0.25, -0.2) is 0 Å². The van der Waals surface area contributed by atoms with Crippen LogP contribution in [0.2, 0.25) is 0 Å². The third kappa shape index (κ3) is 5.57. The average Bonchev–Trinajstić information content (AvgIpc) is 4.14. The summed E-state index contributed by atoms with van der Waals surface area (Å²) in [5.74, 6) is 1.57. The van der Waals surface area contributed by atoms with Gasteiger partial charge in [-0.2, -0.15) is 0 Å². The molecule has 0 N–H and O–H groups in total. The van der Waals surface area contributed by atoms with Crippen LogP contribution in [0.4, 0.5) is 17.1 Å². The fourth-order valence-electron chi connectivity index (χ4n) is 12.2. The Hall–Kier alpha value is -7.42. The van der Waals surface area contributed by atoms with Crippen molar-refractivity contribution in [2.24, 2.45) is 11.8 Å². The standard InChI is InChI=1S/C61H45NO/c1-2-15-42(16-3-1)46-17-4-5-18-47(46)48-19-6-7-20-49(48)52-22-9-12-25-56(52)62(57-26-14-28-59-60(57)53-23-10-13-27-58(53)63-59)45-34-30-41(31-35-45)43-32-36-51-50-21-8-11-24-54(50)61(55(51)38-43)39-40-29-33-44(61)37-40/h1-28,30-32,34-36,38,40,44H,29,33,37,39H2. The fraction of sp³-hybridized carbons (Fsp3) is 0.115. The van der Waals surface area contributed by atoms with Crippen LogP contribution in [-0.2, 0) is 5.41 Å². The van der Waals surface area contributed by atoms with Crippen molar-refractivity contribution in [3.8, 4) is 55.6 Å². The Bertz CT molecular complexity index is 3380. The van der Waals surface area contributed by atoms with E-state index >= 15 is 0 Å². The van der Waals surface area contributed by atoms with Gasteiger partial charge in [0.2, 0.25) is 0 Å². The van der Waals surface area contributed by atoms with Gasteiger partial charge in [0.25, 0.3) is 0 Å². The molecule has 2 fully saturated rings. The summed E-state index contributed by atoms with van der Waals surface area (Å²) in [6, 6.07) is 78.1. The van der Waals surface area contributed by atoms with Crippen LogP contribution in [0.3, 0.4) is 0 Å². The Kier molecular flexibility index (Phi) is 8.24. The van der Waals surface area contributed by atoms with Gasteiger partial charge in [0, 0.05) is 22.1 Å². The van der Waals surface area contributed by atoms with Gasteiger partial charge in [-0.3, -0.25) is 0 Å². The van der Waals surface area contributed by atoms with E-state index < -0.39 is 0 Å². The Balaban J connectivity index is 0.977. The maximum absolute atomic E-state index is 6.53. The fourth-order valence-corrected chi connectivity index (χ4v) is 12.2. The number of para-hydroxylation sites is 2. The summed E-state index contributed by atoms with van der Waals surface area (Å²) in [6.45, 7) is 0. The van der Waals surface area contributed by atoms with Crippen molar-refractivity contribution >= 4 is 39.0 Å². The zero-order valence-corrected chi connectivity index (χ0v) is 35.0. The molecule has 3 atom stereocenters. The zero-order chi connectivity index (χ0) is 41.5. The summed E-state index contributed by atoms with van der Waals surface area (Å²) in [4.78, 5) is 2.45. The van der Waals surface area contributed by atoms with Crippen LogP contribution in [-0.4, -0.2) is 0 Å². The Labute approximate surface area is 368 Å². The van der Waals surface area contributed by atoms with Crippen molar-refractivity contribution in [2.75, 3.05) is 4.90 Å². The van der Waals surface area contributed by atoms with Crippen LogP contribution in [0.1, 0.15) is 36.8 Å². The van der Waals surface area contributed by atoms with E-state index in [1.54, 1.807) is 11.1 Å². The first-order chi connectivity index (χ1) is 31.2. The molecule has 0 saturated heterocycles. The van der Waals surface area contributed by atoms with E-state index in [4.69, 9.17) is 4.42 Å². The van der Waals surface area contributed by atoms with E-state index in [9.17, 15) is 0 Å². The van der Waals surface area contributed by atoms with Crippen molar-refractivity contribution in [1.82, 2.24) is 0 Å². The normalized spacial score (nSPS) is 18.3. The summed E-state index contributed by atoms with van der Waals surface area (Å²) >= 11 is 0. The average molecular weight is 808 g/mol. The first kappa shape index (κ1) is 36.3. The van der Waals surface area contributed by atoms with Crippen molar-refractivity contribution < 1.29 is 4.42 Å². The smallest absolute Gasteiger partial charge is 0.137 e. The van der Waals surface area contributed by atoms with E-state index in [0.717, 1.165) is 56.4 Å². The third-order valence-corrected chi connectivity index (χ3v) is 14.8. The van der Waals surface area contributed by atoms with Crippen molar-refractivity contribution in [3.63, 3.8) is 0 Å². The molecule has 2 heteroatoms. The highest BCUT2D eigenvalue weighted by Crippen LogP contribution is 2.66. The Morgan fingerprint density at radius 2 is 1.02 bits per heavy atom. The number of furan rings is 1. The highest BCUT2D eigenvalue weighted by Gasteiger charge is 2.56. The monoisotopic (exact) mass is 807 g/mol. The van der Waals surface area contributed by atoms with E-state index in [0.29, 0.717) is 0 Å². The molecule has 3 unspecified atom stereocenters. The molecule has 2 saturated carbocycles. The highest BCUT2D eigenvalue weighted by molar-refractivity contribution is 6.14. The van der Waals surface area contributed by atoms with Crippen molar-refractivity contribution in [3.05, 3.63) is 223 Å². The molecule has 13 rings (SSSR count). The van der Waals surface area contributed by atoms with Crippen LogP contribution < -0.4 is 4.90 Å². The van der Waals surface area contributed by atoms with Crippen LogP contribution >= 0.6 is 0 Å². The predicted molar refractivity (Wildman–Crippen MR) is 262 cm³/mol. The van der Waals surface area contributed by atoms with Gasteiger partial charge in [0.15, 0.2) is 0 Å². The highest BCUT2D eigenvalue weighted by atomic mass is 16.3. The molecule has 1 spiro atoms. The van der Waals surface area contributed by atoms with Crippen LogP contribution in [0, 0.1) is 11.8 Å². The van der Waals surface area contributed by atoms with Gasteiger partial charge >= 0.3 is 0 Å².